The van der Waals surface area contributed by atoms with Crippen molar-refractivity contribution in [3.05, 3.63) is 92.5 Å². The van der Waals surface area contributed by atoms with Crippen molar-refractivity contribution in [3.8, 4) is 11.5 Å². The highest BCUT2D eigenvalue weighted by Crippen LogP contribution is 2.56. The Labute approximate surface area is 218 Å². The van der Waals surface area contributed by atoms with Gasteiger partial charge in [-0.25, -0.2) is 0 Å². The highest BCUT2D eigenvalue weighted by Gasteiger charge is 2.35. The van der Waals surface area contributed by atoms with Gasteiger partial charge in [0.15, 0.2) is 6.35 Å². The fraction of sp³-hybridized carbons (Fsp3) is 0.379. The van der Waals surface area contributed by atoms with Gasteiger partial charge in [-0.05, 0) is 102 Å². The minimum Gasteiger partial charge on any atom is -0.508 e. The number of hydrogen-bond acceptors (Lipinski definition) is 5. The molecule has 5 nitrogen and oxygen atoms in total. The Kier molecular flexibility index (Phi) is 8.16. The van der Waals surface area contributed by atoms with Gasteiger partial charge < -0.3 is 14.4 Å². The van der Waals surface area contributed by atoms with Crippen molar-refractivity contribution in [1.29, 1.82) is 0 Å². The molecule has 1 fully saturated rings. The molecule has 7 heteroatoms. The normalized spacial score (nSPS) is 20.0. The summed E-state index contributed by atoms with van der Waals surface area (Å²) in [6.07, 6.45) is 0.852. The number of aromatic hydroxyl groups is 1. The van der Waals surface area contributed by atoms with E-state index in [1.165, 1.54) is 5.56 Å². The van der Waals surface area contributed by atoms with Crippen molar-refractivity contribution in [2.24, 2.45) is 0 Å². The maximum Gasteiger partial charge on any atom is 0.368 e. The summed E-state index contributed by atoms with van der Waals surface area (Å²) in [4.78, 5) is 0. The van der Waals surface area contributed by atoms with Gasteiger partial charge in [-0.1, -0.05) is 43.6 Å². The molecule has 0 aromatic heterocycles. The number of aryl methyl sites for hydroxylation is 3. The Morgan fingerprint density at radius 3 is 2.47 bits per heavy atom. The van der Waals surface area contributed by atoms with Crippen molar-refractivity contribution in [3.63, 3.8) is 0 Å². The lowest BCUT2D eigenvalue weighted by Gasteiger charge is -2.30. The third-order valence-electron chi connectivity index (χ3n) is 6.55. The molecule has 36 heavy (non-hydrogen) atoms. The van der Waals surface area contributed by atoms with E-state index in [4.69, 9.17) is 25.4 Å². The van der Waals surface area contributed by atoms with Crippen molar-refractivity contribution in [2.45, 2.75) is 59.5 Å². The van der Waals surface area contributed by atoms with Gasteiger partial charge in [-0.3, -0.25) is 9.09 Å². The van der Waals surface area contributed by atoms with Crippen LogP contribution in [0, 0.1) is 20.8 Å². The second-order valence-corrected chi connectivity index (χ2v) is 12.3. The number of ether oxygens (including phenoxy) is 1. The molecule has 4 rings (SSSR count). The summed E-state index contributed by atoms with van der Waals surface area (Å²) in [5, 5.41) is 10.8. The van der Waals surface area contributed by atoms with Crippen molar-refractivity contribution >= 4 is 19.2 Å². The minimum absolute atomic E-state index is 0.156. The van der Waals surface area contributed by atoms with Crippen LogP contribution in [0.2, 0.25) is 5.02 Å². The summed E-state index contributed by atoms with van der Waals surface area (Å²) in [5.74, 6) is 1.21. The number of phenols is 1. The Morgan fingerprint density at radius 1 is 1.08 bits per heavy atom. The zero-order chi connectivity index (χ0) is 26.0. The predicted molar refractivity (Wildman–Crippen MR) is 145 cm³/mol. The summed E-state index contributed by atoms with van der Waals surface area (Å²) in [6.45, 7) is 10.5. The molecule has 192 valence electrons. The van der Waals surface area contributed by atoms with Crippen LogP contribution in [0.3, 0.4) is 0 Å². The smallest absolute Gasteiger partial charge is 0.368 e. The van der Waals surface area contributed by atoms with Crippen LogP contribution in [0.25, 0.3) is 0 Å². The molecule has 1 heterocycles. The lowest BCUT2D eigenvalue weighted by Crippen LogP contribution is -2.17. The molecular formula is C29H34ClO5P. The molecule has 3 aromatic carbocycles. The number of hydrogen-bond donors (Lipinski definition) is 1. The fourth-order valence-electron chi connectivity index (χ4n) is 4.67. The molecule has 0 saturated carbocycles. The number of halogens is 1. The van der Waals surface area contributed by atoms with Crippen LogP contribution in [-0.2, 0) is 20.0 Å². The first-order valence-corrected chi connectivity index (χ1v) is 14.4. The Hall–Kier alpha value is -2.30. The molecule has 2 atom stereocenters. The van der Waals surface area contributed by atoms with E-state index >= 15 is 0 Å². The van der Waals surface area contributed by atoms with Crippen LogP contribution in [0.4, 0.5) is 0 Å². The van der Waals surface area contributed by atoms with Crippen molar-refractivity contribution < 1.29 is 23.5 Å². The van der Waals surface area contributed by atoms with E-state index in [0.29, 0.717) is 29.5 Å². The summed E-state index contributed by atoms with van der Waals surface area (Å²) in [5.41, 5.74) is 7.39. The molecule has 1 N–H and O–H groups in total. The predicted octanol–water partition coefficient (Wildman–Crippen LogP) is 8.39. The maximum absolute atomic E-state index is 13.3. The topological polar surface area (TPSA) is 65.0 Å². The second-order valence-electron chi connectivity index (χ2n) is 9.92. The summed E-state index contributed by atoms with van der Waals surface area (Å²) >= 11 is 6.21. The third kappa shape index (κ3) is 6.33. The van der Waals surface area contributed by atoms with Gasteiger partial charge in [0.25, 0.3) is 0 Å². The van der Waals surface area contributed by atoms with E-state index in [2.05, 4.69) is 19.9 Å². The van der Waals surface area contributed by atoms with Crippen LogP contribution >= 0.6 is 19.2 Å². The lowest BCUT2D eigenvalue weighted by atomic mass is 9.93. The Morgan fingerprint density at radius 2 is 1.81 bits per heavy atom. The van der Waals surface area contributed by atoms with Crippen LogP contribution in [-0.4, -0.2) is 18.1 Å². The highest BCUT2D eigenvalue weighted by molar-refractivity contribution is 7.53. The molecule has 0 aliphatic carbocycles. The molecule has 1 aliphatic heterocycles. The molecule has 0 amide bonds. The summed E-state index contributed by atoms with van der Waals surface area (Å²) in [7, 11) is -3.44. The molecule has 3 aromatic rings. The van der Waals surface area contributed by atoms with Gasteiger partial charge in [0, 0.05) is 11.4 Å². The highest BCUT2D eigenvalue weighted by atomic mass is 35.5. The van der Waals surface area contributed by atoms with Crippen LogP contribution in [0.5, 0.6) is 11.5 Å². The first kappa shape index (κ1) is 26.8. The molecule has 0 bridgehead atoms. The standard InChI is InChI=1S/C29H34ClO5P/c1-18(2)26-14-22(6-7-28(26)31)15-27-20(4)12-25(13-21(27)5)33-17-36(32)34-9-8-29(35-36)23-10-19(3)11-24(30)16-23/h6-7,10-14,16,18,29,31H,8-9,15,17H2,1-5H3/t29-,36+/m0/s1. The quantitative estimate of drug-likeness (QED) is 0.312. The lowest BCUT2D eigenvalue weighted by molar-refractivity contribution is 0.0725. The van der Waals surface area contributed by atoms with Gasteiger partial charge in [0.2, 0.25) is 0 Å². The zero-order valence-electron chi connectivity index (χ0n) is 21.5. The molecular weight excluding hydrogens is 495 g/mol. The number of phenolic OH excluding ortho intramolecular Hbond substituents is 1. The minimum atomic E-state index is -3.44. The first-order valence-electron chi connectivity index (χ1n) is 12.3. The van der Waals surface area contributed by atoms with Gasteiger partial charge in [0.05, 0.1) is 12.7 Å². The van der Waals surface area contributed by atoms with Gasteiger partial charge in [-0.2, -0.15) is 0 Å². The van der Waals surface area contributed by atoms with Crippen molar-refractivity contribution in [1.82, 2.24) is 0 Å². The molecule has 1 aliphatic rings. The second kappa shape index (κ2) is 11.0. The van der Waals surface area contributed by atoms with E-state index in [1.54, 1.807) is 6.07 Å². The molecule has 0 radical (unpaired) electrons. The fourth-order valence-corrected chi connectivity index (χ4v) is 6.47. The van der Waals surface area contributed by atoms with Crippen LogP contribution in [0.1, 0.15) is 71.2 Å². The average molecular weight is 529 g/mol. The average Bonchev–Trinajstić information content (AvgIpc) is 2.80. The first-order chi connectivity index (χ1) is 17.0. The summed E-state index contributed by atoms with van der Waals surface area (Å²) in [6, 6.07) is 15.4. The third-order valence-corrected chi connectivity index (χ3v) is 8.36. The summed E-state index contributed by atoms with van der Waals surface area (Å²) < 4.78 is 30.8. The zero-order valence-corrected chi connectivity index (χ0v) is 23.2. The van der Waals surface area contributed by atoms with E-state index < -0.39 is 7.60 Å². The largest absolute Gasteiger partial charge is 0.508 e. The Balaban J connectivity index is 1.46. The van der Waals surface area contributed by atoms with E-state index in [1.807, 2.05) is 57.2 Å². The van der Waals surface area contributed by atoms with Crippen molar-refractivity contribution in [2.75, 3.05) is 13.0 Å². The van der Waals surface area contributed by atoms with Crippen LogP contribution < -0.4 is 4.74 Å². The van der Waals surface area contributed by atoms with Gasteiger partial charge in [0.1, 0.15) is 11.5 Å². The molecule has 0 unspecified atom stereocenters. The maximum atomic E-state index is 13.3. The van der Waals surface area contributed by atoms with E-state index in [0.717, 1.165) is 39.8 Å². The molecule has 0 spiro atoms. The van der Waals surface area contributed by atoms with E-state index in [-0.39, 0.29) is 18.4 Å². The van der Waals surface area contributed by atoms with Crippen LogP contribution in [0.15, 0.2) is 48.5 Å². The SMILES string of the molecule is Cc1cc(Cl)cc([C@@H]2CCO[P@](=O)(COc3cc(C)c(Cc4ccc(O)c(C(C)C)c4)c(C)c3)O2)c1. The molecule has 1 saturated heterocycles. The Bertz CT molecular complexity index is 1260. The number of benzene rings is 3. The van der Waals surface area contributed by atoms with E-state index in [9.17, 15) is 9.67 Å². The number of rotatable bonds is 7. The van der Waals surface area contributed by atoms with Gasteiger partial charge in [-0.15, -0.1) is 0 Å². The van der Waals surface area contributed by atoms with Gasteiger partial charge >= 0.3 is 7.60 Å². The monoisotopic (exact) mass is 528 g/mol.